The Hall–Kier alpha value is -0.930. The standard InChI is InChI=1S/C13H18N2S/c1-13(2,7-8-14)9-12-15-10-5-3-4-6-11(10)16-12/h3-6H,7-9,14H2,1-2H3. The number of para-hydroxylation sites is 1. The molecule has 0 bridgehead atoms. The second kappa shape index (κ2) is 4.52. The Morgan fingerprint density at radius 2 is 2.06 bits per heavy atom. The van der Waals surface area contributed by atoms with E-state index in [0.717, 1.165) is 24.9 Å². The molecule has 0 fully saturated rings. The lowest BCUT2D eigenvalue weighted by Gasteiger charge is -2.22. The van der Waals surface area contributed by atoms with Crippen molar-refractivity contribution in [2.24, 2.45) is 11.1 Å². The smallest absolute Gasteiger partial charge is 0.0943 e. The molecular weight excluding hydrogens is 216 g/mol. The van der Waals surface area contributed by atoms with Crippen LogP contribution in [0.5, 0.6) is 0 Å². The predicted molar refractivity (Wildman–Crippen MR) is 70.8 cm³/mol. The lowest BCUT2D eigenvalue weighted by atomic mass is 9.86. The molecule has 0 aliphatic carbocycles. The van der Waals surface area contributed by atoms with Crippen LogP contribution in [0.25, 0.3) is 10.2 Å². The number of nitrogens with zero attached hydrogens (tertiary/aromatic N) is 1. The molecular formula is C13H18N2S. The first-order chi connectivity index (χ1) is 7.61. The van der Waals surface area contributed by atoms with Gasteiger partial charge in [0.15, 0.2) is 0 Å². The maximum Gasteiger partial charge on any atom is 0.0943 e. The monoisotopic (exact) mass is 234 g/mol. The van der Waals surface area contributed by atoms with Crippen molar-refractivity contribution in [3.63, 3.8) is 0 Å². The Kier molecular flexibility index (Phi) is 3.26. The van der Waals surface area contributed by atoms with Crippen LogP contribution in [0.3, 0.4) is 0 Å². The molecule has 2 aromatic rings. The van der Waals surface area contributed by atoms with Crippen molar-refractivity contribution in [2.75, 3.05) is 6.54 Å². The van der Waals surface area contributed by atoms with E-state index >= 15 is 0 Å². The molecule has 1 aromatic heterocycles. The van der Waals surface area contributed by atoms with Gasteiger partial charge in [-0.05, 0) is 30.5 Å². The third-order valence-corrected chi connectivity index (χ3v) is 3.83. The number of fused-ring (bicyclic) bond motifs is 1. The third-order valence-electron chi connectivity index (χ3n) is 2.79. The summed E-state index contributed by atoms with van der Waals surface area (Å²) in [6.45, 7) is 5.26. The van der Waals surface area contributed by atoms with Crippen LogP contribution < -0.4 is 5.73 Å². The zero-order valence-electron chi connectivity index (χ0n) is 9.86. The van der Waals surface area contributed by atoms with Crippen molar-refractivity contribution in [3.05, 3.63) is 29.3 Å². The largest absolute Gasteiger partial charge is 0.330 e. The fourth-order valence-corrected chi connectivity index (χ4v) is 3.11. The Morgan fingerprint density at radius 1 is 1.31 bits per heavy atom. The fraction of sp³-hybridized carbons (Fsp3) is 0.462. The summed E-state index contributed by atoms with van der Waals surface area (Å²) in [7, 11) is 0. The summed E-state index contributed by atoms with van der Waals surface area (Å²) >= 11 is 1.80. The molecule has 0 radical (unpaired) electrons. The summed E-state index contributed by atoms with van der Waals surface area (Å²) in [5.41, 5.74) is 7.00. The fourth-order valence-electron chi connectivity index (χ4n) is 1.88. The highest BCUT2D eigenvalue weighted by molar-refractivity contribution is 7.18. The molecule has 3 heteroatoms. The van der Waals surface area contributed by atoms with Crippen LogP contribution in [0.2, 0.25) is 0 Å². The van der Waals surface area contributed by atoms with E-state index < -0.39 is 0 Å². The minimum atomic E-state index is 0.253. The van der Waals surface area contributed by atoms with Gasteiger partial charge in [0.1, 0.15) is 0 Å². The molecule has 0 aliphatic rings. The quantitative estimate of drug-likeness (QED) is 0.882. The van der Waals surface area contributed by atoms with E-state index in [1.165, 1.54) is 9.71 Å². The van der Waals surface area contributed by atoms with Crippen LogP contribution in [0.4, 0.5) is 0 Å². The van der Waals surface area contributed by atoms with E-state index in [1.54, 1.807) is 11.3 Å². The topological polar surface area (TPSA) is 38.9 Å². The van der Waals surface area contributed by atoms with Crippen LogP contribution in [-0.4, -0.2) is 11.5 Å². The summed E-state index contributed by atoms with van der Waals surface area (Å²) in [6, 6.07) is 8.31. The number of nitrogens with two attached hydrogens (primary N) is 1. The number of aromatic nitrogens is 1. The average Bonchev–Trinajstić information content (AvgIpc) is 2.58. The summed E-state index contributed by atoms with van der Waals surface area (Å²) in [5, 5.41) is 1.22. The van der Waals surface area contributed by atoms with Crippen LogP contribution in [0.1, 0.15) is 25.3 Å². The van der Waals surface area contributed by atoms with E-state index in [4.69, 9.17) is 5.73 Å². The predicted octanol–water partition coefficient (Wildman–Crippen LogP) is 3.21. The normalized spacial score (nSPS) is 12.2. The molecule has 0 saturated carbocycles. The molecule has 86 valence electrons. The van der Waals surface area contributed by atoms with Gasteiger partial charge in [-0.2, -0.15) is 0 Å². The molecule has 0 amide bonds. The minimum Gasteiger partial charge on any atom is -0.330 e. The van der Waals surface area contributed by atoms with E-state index in [-0.39, 0.29) is 5.41 Å². The number of thiazole rings is 1. The number of hydrogen-bond acceptors (Lipinski definition) is 3. The highest BCUT2D eigenvalue weighted by Gasteiger charge is 2.19. The van der Waals surface area contributed by atoms with Crippen molar-refractivity contribution in [1.82, 2.24) is 4.98 Å². The zero-order chi connectivity index (χ0) is 11.6. The first-order valence-electron chi connectivity index (χ1n) is 5.65. The highest BCUT2D eigenvalue weighted by Crippen LogP contribution is 2.30. The van der Waals surface area contributed by atoms with Crippen LogP contribution in [0.15, 0.2) is 24.3 Å². The van der Waals surface area contributed by atoms with Crippen LogP contribution in [0, 0.1) is 5.41 Å². The lowest BCUT2D eigenvalue weighted by molar-refractivity contribution is 0.338. The van der Waals surface area contributed by atoms with Crippen LogP contribution >= 0.6 is 11.3 Å². The molecule has 0 unspecified atom stereocenters. The Bertz CT molecular complexity index is 440. The van der Waals surface area contributed by atoms with Gasteiger partial charge >= 0.3 is 0 Å². The van der Waals surface area contributed by atoms with Gasteiger partial charge in [-0.1, -0.05) is 26.0 Å². The first kappa shape index (κ1) is 11.6. The van der Waals surface area contributed by atoms with E-state index in [2.05, 4.69) is 37.0 Å². The van der Waals surface area contributed by atoms with Gasteiger partial charge in [0.05, 0.1) is 15.2 Å². The summed E-state index contributed by atoms with van der Waals surface area (Å²) < 4.78 is 1.28. The lowest BCUT2D eigenvalue weighted by Crippen LogP contribution is -2.19. The molecule has 0 saturated heterocycles. The molecule has 0 aliphatic heterocycles. The SMILES string of the molecule is CC(C)(CCN)Cc1nc2ccccc2s1. The van der Waals surface area contributed by atoms with Gasteiger partial charge in [-0.15, -0.1) is 11.3 Å². The Morgan fingerprint density at radius 3 is 2.75 bits per heavy atom. The highest BCUT2D eigenvalue weighted by atomic mass is 32.1. The minimum absolute atomic E-state index is 0.253. The van der Waals surface area contributed by atoms with Crippen molar-refractivity contribution in [1.29, 1.82) is 0 Å². The number of rotatable bonds is 4. The van der Waals surface area contributed by atoms with Gasteiger partial charge in [0.2, 0.25) is 0 Å². The van der Waals surface area contributed by atoms with Gasteiger partial charge < -0.3 is 5.73 Å². The maximum atomic E-state index is 5.63. The van der Waals surface area contributed by atoms with E-state index in [1.807, 2.05) is 6.07 Å². The first-order valence-corrected chi connectivity index (χ1v) is 6.47. The van der Waals surface area contributed by atoms with Gasteiger partial charge in [0, 0.05) is 6.42 Å². The summed E-state index contributed by atoms with van der Waals surface area (Å²) in [5.74, 6) is 0. The summed E-state index contributed by atoms with van der Waals surface area (Å²) in [4.78, 5) is 4.66. The molecule has 2 nitrogen and oxygen atoms in total. The molecule has 2 N–H and O–H groups in total. The maximum absolute atomic E-state index is 5.63. The van der Waals surface area contributed by atoms with Gasteiger partial charge in [-0.25, -0.2) is 4.98 Å². The van der Waals surface area contributed by atoms with Gasteiger partial charge in [-0.3, -0.25) is 0 Å². The van der Waals surface area contributed by atoms with Gasteiger partial charge in [0.25, 0.3) is 0 Å². The molecule has 16 heavy (non-hydrogen) atoms. The zero-order valence-corrected chi connectivity index (χ0v) is 10.7. The van der Waals surface area contributed by atoms with Crippen molar-refractivity contribution < 1.29 is 0 Å². The van der Waals surface area contributed by atoms with Crippen molar-refractivity contribution in [2.45, 2.75) is 26.7 Å². The van der Waals surface area contributed by atoms with E-state index in [9.17, 15) is 0 Å². The second-order valence-corrected chi connectivity index (χ2v) is 6.07. The number of benzene rings is 1. The molecule has 0 spiro atoms. The molecule has 1 aromatic carbocycles. The second-order valence-electron chi connectivity index (χ2n) is 4.95. The van der Waals surface area contributed by atoms with Crippen molar-refractivity contribution in [3.8, 4) is 0 Å². The average molecular weight is 234 g/mol. The molecule has 0 atom stereocenters. The number of hydrogen-bond donors (Lipinski definition) is 1. The van der Waals surface area contributed by atoms with Crippen molar-refractivity contribution >= 4 is 21.6 Å². The molecule has 2 rings (SSSR count). The summed E-state index contributed by atoms with van der Waals surface area (Å²) in [6.07, 6.45) is 2.06. The van der Waals surface area contributed by atoms with Crippen LogP contribution in [-0.2, 0) is 6.42 Å². The third kappa shape index (κ3) is 2.60. The Balaban J connectivity index is 2.21. The van der Waals surface area contributed by atoms with E-state index in [0.29, 0.717) is 0 Å². The molecule has 1 heterocycles. The Labute approximate surface area is 101 Å².